The Labute approximate surface area is 52.7 Å². The van der Waals surface area contributed by atoms with Crippen LogP contribution >= 0.6 is 0 Å². The van der Waals surface area contributed by atoms with Crippen molar-refractivity contribution in [2.24, 2.45) is 5.16 Å². The summed E-state index contributed by atoms with van der Waals surface area (Å²) < 4.78 is 0. The van der Waals surface area contributed by atoms with Gasteiger partial charge in [0.15, 0.2) is 5.78 Å². The summed E-state index contributed by atoms with van der Waals surface area (Å²) in [6.07, 6.45) is 0. The van der Waals surface area contributed by atoms with Gasteiger partial charge >= 0.3 is 0 Å². The lowest BCUT2D eigenvalue weighted by Gasteiger charge is -1.92. The average Bonchev–Trinajstić information content (AvgIpc) is 1.84. The minimum Gasteiger partial charge on any atom is -0.411 e. The van der Waals surface area contributed by atoms with E-state index in [-0.39, 0.29) is 11.4 Å². The smallest absolute Gasteiger partial charge is 0.179 e. The van der Waals surface area contributed by atoms with E-state index in [2.05, 4.69) is 5.16 Å². The van der Waals surface area contributed by atoms with Crippen LogP contribution in [-0.4, -0.2) is 22.4 Å². The number of ketones is 1. The minimum absolute atomic E-state index is 0.0440. The van der Waals surface area contributed by atoms with Crippen LogP contribution in [0.1, 0.15) is 13.8 Å². The molecule has 0 bridgehead atoms. The van der Waals surface area contributed by atoms with Gasteiger partial charge in [-0.3, -0.25) is 10.2 Å². The van der Waals surface area contributed by atoms with E-state index in [0.717, 1.165) is 0 Å². The molecule has 4 nitrogen and oxygen atoms in total. The molecule has 0 spiro atoms. The van der Waals surface area contributed by atoms with Crippen LogP contribution in [0.25, 0.3) is 0 Å². The second kappa shape index (κ2) is 2.96. The molecule has 0 aliphatic carbocycles. The van der Waals surface area contributed by atoms with Gasteiger partial charge in [0, 0.05) is 6.92 Å². The SMILES string of the molecule is CC(=O)C(=N)/C(C)=N\O. The first-order chi connectivity index (χ1) is 4.09. The molecule has 0 rings (SSSR count). The normalized spacial score (nSPS) is 11.1. The Kier molecular flexibility index (Phi) is 2.57. The van der Waals surface area contributed by atoms with Crippen LogP contribution in [0, 0.1) is 5.41 Å². The molecule has 0 aromatic heterocycles. The zero-order valence-electron chi connectivity index (χ0n) is 5.30. The van der Waals surface area contributed by atoms with E-state index in [1.807, 2.05) is 0 Å². The molecule has 4 heteroatoms. The molecule has 50 valence electrons. The van der Waals surface area contributed by atoms with E-state index < -0.39 is 5.78 Å². The number of nitrogens with zero attached hydrogens (tertiary/aromatic N) is 1. The number of nitrogens with one attached hydrogen (secondary N) is 1. The molecule has 2 N–H and O–H groups in total. The highest BCUT2D eigenvalue weighted by Gasteiger charge is 2.05. The Morgan fingerprint density at radius 3 is 2.11 bits per heavy atom. The van der Waals surface area contributed by atoms with Gasteiger partial charge in [0.1, 0.15) is 11.4 Å². The van der Waals surface area contributed by atoms with E-state index in [1.54, 1.807) is 0 Å². The Morgan fingerprint density at radius 2 is 2.00 bits per heavy atom. The number of carbonyl (C=O) groups excluding carboxylic acids is 1. The zero-order chi connectivity index (χ0) is 7.44. The summed E-state index contributed by atoms with van der Waals surface area (Å²) in [5.41, 5.74) is -0.208. The van der Waals surface area contributed by atoms with Crippen molar-refractivity contribution in [3.63, 3.8) is 0 Å². The maximum Gasteiger partial charge on any atom is 0.179 e. The van der Waals surface area contributed by atoms with Crippen molar-refractivity contribution in [1.82, 2.24) is 0 Å². The monoisotopic (exact) mass is 128 g/mol. The lowest BCUT2D eigenvalue weighted by Crippen LogP contribution is -2.17. The summed E-state index contributed by atoms with van der Waals surface area (Å²) in [4.78, 5) is 10.3. The number of Topliss-reactive ketones (excluding diaryl/α,β-unsaturated/α-hetero) is 1. The zero-order valence-corrected chi connectivity index (χ0v) is 5.30. The summed E-state index contributed by atoms with van der Waals surface area (Å²) in [5.74, 6) is -0.398. The molecule has 0 unspecified atom stereocenters. The molecule has 0 fully saturated rings. The predicted octanol–water partition coefficient (Wildman–Crippen LogP) is 0.445. The molecule has 0 atom stereocenters. The van der Waals surface area contributed by atoms with Gasteiger partial charge in [-0.2, -0.15) is 0 Å². The van der Waals surface area contributed by atoms with E-state index in [9.17, 15) is 4.79 Å². The maximum absolute atomic E-state index is 10.3. The fraction of sp³-hybridized carbons (Fsp3) is 0.400. The summed E-state index contributed by atoms with van der Waals surface area (Å²) in [5, 5.41) is 17.6. The van der Waals surface area contributed by atoms with Crippen molar-refractivity contribution in [3.8, 4) is 0 Å². The Morgan fingerprint density at radius 1 is 1.56 bits per heavy atom. The van der Waals surface area contributed by atoms with Crippen molar-refractivity contribution < 1.29 is 10.0 Å². The van der Waals surface area contributed by atoms with Gasteiger partial charge in [-0.25, -0.2) is 0 Å². The van der Waals surface area contributed by atoms with E-state index in [4.69, 9.17) is 10.6 Å². The van der Waals surface area contributed by atoms with Crippen molar-refractivity contribution >= 4 is 17.2 Å². The average molecular weight is 128 g/mol. The number of hydrogen-bond donors (Lipinski definition) is 2. The lowest BCUT2D eigenvalue weighted by atomic mass is 10.2. The first-order valence-electron chi connectivity index (χ1n) is 2.38. The molecule has 0 saturated carbocycles. The number of rotatable bonds is 2. The van der Waals surface area contributed by atoms with Gasteiger partial charge in [0.2, 0.25) is 0 Å². The third-order valence-corrected chi connectivity index (χ3v) is 0.864. The third-order valence-electron chi connectivity index (χ3n) is 0.864. The molecule has 0 aliphatic heterocycles. The van der Waals surface area contributed by atoms with Crippen LogP contribution in [0.4, 0.5) is 0 Å². The molecule has 0 saturated heterocycles. The van der Waals surface area contributed by atoms with Crippen LogP contribution in [-0.2, 0) is 4.79 Å². The van der Waals surface area contributed by atoms with E-state index >= 15 is 0 Å². The first-order valence-corrected chi connectivity index (χ1v) is 2.38. The Bertz CT molecular complexity index is 172. The quantitative estimate of drug-likeness (QED) is 0.322. The third kappa shape index (κ3) is 2.03. The molecule has 9 heavy (non-hydrogen) atoms. The molecule has 0 amide bonds. The van der Waals surface area contributed by atoms with E-state index in [1.165, 1.54) is 13.8 Å². The second-order valence-electron chi connectivity index (χ2n) is 1.62. The fourth-order valence-electron chi connectivity index (χ4n) is 0.305. The first kappa shape index (κ1) is 7.81. The summed E-state index contributed by atoms with van der Waals surface area (Å²) in [6, 6.07) is 0. The highest BCUT2D eigenvalue weighted by Crippen LogP contribution is 1.80. The summed E-state index contributed by atoms with van der Waals surface area (Å²) >= 11 is 0. The van der Waals surface area contributed by atoms with Crippen LogP contribution in [0.3, 0.4) is 0 Å². The summed E-state index contributed by atoms with van der Waals surface area (Å²) in [6.45, 7) is 2.64. The molecule has 0 aliphatic rings. The van der Waals surface area contributed by atoms with Crippen molar-refractivity contribution in [2.45, 2.75) is 13.8 Å². The lowest BCUT2D eigenvalue weighted by molar-refractivity contribution is -0.110. The van der Waals surface area contributed by atoms with Gasteiger partial charge in [-0.1, -0.05) is 5.16 Å². The minimum atomic E-state index is -0.398. The molecular weight excluding hydrogens is 120 g/mol. The largest absolute Gasteiger partial charge is 0.411 e. The van der Waals surface area contributed by atoms with E-state index in [0.29, 0.717) is 0 Å². The Hall–Kier alpha value is -1.19. The second-order valence-corrected chi connectivity index (χ2v) is 1.62. The number of hydrogen-bond acceptors (Lipinski definition) is 4. The van der Waals surface area contributed by atoms with Crippen LogP contribution in [0.15, 0.2) is 5.16 Å². The van der Waals surface area contributed by atoms with Gasteiger partial charge in [0.05, 0.1) is 0 Å². The van der Waals surface area contributed by atoms with Crippen molar-refractivity contribution in [2.75, 3.05) is 0 Å². The predicted molar refractivity (Wildman–Crippen MR) is 33.3 cm³/mol. The van der Waals surface area contributed by atoms with Gasteiger partial charge in [-0.15, -0.1) is 0 Å². The van der Waals surface area contributed by atoms with Gasteiger partial charge < -0.3 is 5.21 Å². The highest BCUT2D eigenvalue weighted by molar-refractivity contribution is 6.65. The van der Waals surface area contributed by atoms with Crippen LogP contribution in [0.5, 0.6) is 0 Å². The van der Waals surface area contributed by atoms with Crippen molar-refractivity contribution in [1.29, 1.82) is 5.41 Å². The maximum atomic E-state index is 10.3. The summed E-state index contributed by atoms with van der Waals surface area (Å²) in [7, 11) is 0. The number of carbonyl (C=O) groups is 1. The van der Waals surface area contributed by atoms with Crippen LogP contribution < -0.4 is 0 Å². The number of oxime groups is 1. The molecular formula is C5H8N2O2. The van der Waals surface area contributed by atoms with Crippen molar-refractivity contribution in [3.05, 3.63) is 0 Å². The van der Waals surface area contributed by atoms with Gasteiger partial charge in [-0.05, 0) is 6.92 Å². The van der Waals surface area contributed by atoms with Gasteiger partial charge in [0.25, 0.3) is 0 Å². The molecule has 0 heterocycles. The standard InChI is InChI=1S/C5H8N2O2/c1-3(7-9)5(6)4(2)8/h6,9H,1-2H3/b6-5?,7-3-. The Balaban J connectivity index is 4.23. The molecule has 0 aromatic carbocycles. The molecule has 0 radical (unpaired) electrons. The molecule has 0 aromatic rings. The fourth-order valence-corrected chi connectivity index (χ4v) is 0.305. The highest BCUT2D eigenvalue weighted by atomic mass is 16.4. The van der Waals surface area contributed by atoms with Crippen LogP contribution in [0.2, 0.25) is 0 Å². The topological polar surface area (TPSA) is 73.5 Å².